The van der Waals surface area contributed by atoms with Gasteiger partial charge in [0.15, 0.2) is 0 Å². The van der Waals surface area contributed by atoms with Gasteiger partial charge in [0.25, 0.3) is 0 Å². The van der Waals surface area contributed by atoms with Crippen LogP contribution in [0.25, 0.3) is 11.4 Å². The van der Waals surface area contributed by atoms with Crippen molar-refractivity contribution in [3.63, 3.8) is 0 Å². The van der Waals surface area contributed by atoms with Crippen molar-refractivity contribution in [3.8, 4) is 17.1 Å². The van der Waals surface area contributed by atoms with Gasteiger partial charge in [0, 0.05) is 13.1 Å². The summed E-state index contributed by atoms with van der Waals surface area (Å²) >= 11 is 0. The Morgan fingerprint density at radius 3 is 2.62 bits per heavy atom. The molecule has 0 radical (unpaired) electrons. The van der Waals surface area contributed by atoms with E-state index in [1.54, 1.807) is 35.0 Å². The van der Waals surface area contributed by atoms with Gasteiger partial charge in [-0.15, -0.1) is 0 Å². The Morgan fingerprint density at radius 2 is 1.96 bits per heavy atom. The number of benzene rings is 1. The lowest BCUT2D eigenvalue weighted by molar-refractivity contribution is -0.131. The lowest BCUT2D eigenvalue weighted by Crippen LogP contribution is -2.38. The van der Waals surface area contributed by atoms with Gasteiger partial charge in [-0.05, 0) is 33.0 Å². The maximum absolute atomic E-state index is 12.5. The highest BCUT2D eigenvalue weighted by atomic mass is 19.3. The van der Waals surface area contributed by atoms with E-state index in [4.69, 9.17) is 4.52 Å². The number of carbonyl (C=O) groups is 1. The van der Waals surface area contributed by atoms with Gasteiger partial charge in [0.05, 0.1) is 18.7 Å². The zero-order valence-electron chi connectivity index (χ0n) is 15.0. The van der Waals surface area contributed by atoms with Crippen LogP contribution in [0, 0.1) is 0 Å². The molecule has 0 bridgehead atoms. The summed E-state index contributed by atoms with van der Waals surface area (Å²) in [5.74, 6) is 0.411. The summed E-state index contributed by atoms with van der Waals surface area (Å²) in [5.41, 5.74) is 0.310. The second-order valence-corrected chi connectivity index (χ2v) is 5.62. The minimum atomic E-state index is -2.94. The highest BCUT2D eigenvalue weighted by molar-refractivity contribution is 5.78. The molecule has 1 heterocycles. The van der Waals surface area contributed by atoms with Crippen LogP contribution in [0.1, 0.15) is 19.7 Å². The zero-order chi connectivity index (χ0) is 19.1. The van der Waals surface area contributed by atoms with E-state index in [1.165, 1.54) is 6.07 Å². The highest BCUT2D eigenvalue weighted by Crippen LogP contribution is 2.28. The zero-order valence-corrected chi connectivity index (χ0v) is 15.0. The van der Waals surface area contributed by atoms with Crippen molar-refractivity contribution in [2.75, 3.05) is 26.7 Å². The number of halogens is 2. The van der Waals surface area contributed by atoms with Crippen molar-refractivity contribution in [2.24, 2.45) is 0 Å². The first-order valence-corrected chi connectivity index (χ1v) is 8.27. The largest absolute Gasteiger partial charge is 0.434 e. The molecule has 2 aromatic rings. The third kappa shape index (κ3) is 5.22. The molecule has 0 N–H and O–H groups in total. The second kappa shape index (κ2) is 9.23. The second-order valence-electron chi connectivity index (χ2n) is 5.62. The van der Waals surface area contributed by atoms with Crippen LogP contribution in [0.15, 0.2) is 28.8 Å². The van der Waals surface area contributed by atoms with Gasteiger partial charge in [-0.3, -0.25) is 9.69 Å². The van der Waals surface area contributed by atoms with Crippen LogP contribution in [0.5, 0.6) is 5.75 Å². The monoisotopic (exact) mass is 368 g/mol. The summed E-state index contributed by atoms with van der Waals surface area (Å²) in [6, 6.07) is 6.22. The SMILES string of the molecule is CCN(CC)C(=O)CN(C)Cc1nc(-c2ccccc2OC(F)F)no1. The van der Waals surface area contributed by atoms with Crippen LogP contribution >= 0.6 is 0 Å². The topological polar surface area (TPSA) is 71.7 Å². The minimum absolute atomic E-state index is 0.00733. The Labute approximate surface area is 150 Å². The molecule has 142 valence electrons. The molecule has 0 unspecified atom stereocenters. The fourth-order valence-corrected chi connectivity index (χ4v) is 2.47. The normalized spacial score (nSPS) is 11.2. The number of alkyl halides is 2. The summed E-state index contributed by atoms with van der Waals surface area (Å²) in [6.45, 7) is 2.67. The standard InChI is InChI=1S/C17H22F2N4O3/c1-4-23(5-2)15(24)11-22(3)10-14-20-16(21-26-14)12-8-6-7-9-13(12)25-17(18)19/h6-9,17H,4-5,10-11H2,1-3H3. The summed E-state index contributed by atoms with van der Waals surface area (Å²) in [7, 11) is 1.76. The van der Waals surface area contributed by atoms with E-state index in [0.717, 1.165) is 0 Å². The van der Waals surface area contributed by atoms with Crippen molar-refractivity contribution < 1.29 is 22.8 Å². The van der Waals surface area contributed by atoms with Gasteiger partial charge in [-0.25, -0.2) is 0 Å². The molecule has 0 spiro atoms. The van der Waals surface area contributed by atoms with Gasteiger partial charge < -0.3 is 14.2 Å². The average molecular weight is 368 g/mol. The lowest BCUT2D eigenvalue weighted by atomic mass is 10.2. The van der Waals surface area contributed by atoms with Crippen LogP contribution in [0.4, 0.5) is 8.78 Å². The van der Waals surface area contributed by atoms with Crippen molar-refractivity contribution >= 4 is 5.91 Å². The molecular formula is C17H22F2N4O3. The first-order chi connectivity index (χ1) is 12.4. The number of amides is 1. The summed E-state index contributed by atoms with van der Waals surface area (Å²) in [4.78, 5) is 19.8. The number of rotatable bonds is 9. The fraction of sp³-hybridized carbons (Fsp3) is 0.471. The molecule has 0 aliphatic rings. The molecule has 2 rings (SSSR count). The van der Waals surface area contributed by atoms with Gasteiger partial charge in [-0.2, -0.15) is 13.8 Å². The molecule has 26 heavy (non-hydrogen) atoms. The summed E-state index contributed by atoms with van der Waals surface area (Å²) in [6.07, 6.45) is 0. The van der Waals surface area contributed by atoms with E-state index >= 15 is 0 Å². The molecule has 0 saturated heterocycles. The summed E-state index contributed by atoms with van der Waals surface area (Å²) in [5, 5.41) is 3.82. The summed E-state index contributed by atoms with van der Waals surface area (Å²) < 4.78 is 34.7. The Bertz CT molecular complexity index is 720. The molecule has 9 heteroatoms. The lowest BCUT2D eigenvalue weighted by Gasteiger charge is -2.22. The van der Waals surface area contributed by atoms with Crippen molar-refractivity contribution in [1.29, 1.82) is 0 Å². The fourth-order valence-electron chi connectivity index (χ4n) is 2.47. The molecule has 1 aromatic carbocycles. The molecule has 7 nitrogen and oxygen atoms in total. The maximum atomic E-state index is 12.5. The Morgan fingerprint density at radius 1 is 1.27 bits per heavy atom. The van der Waals surface area contributed by atoms with Gasteiger partial charge in [0.1, 0.15) is 5.75 Å². The predicted molar refractivity (Wildman–Crippen MR) is 90.6 cm³/mol. The molecule has 0 atom stereocenters. The van der Waals surface area contributed by atoms with Crippen LogP contribution in [-0.2, 0) is 11.3 Å². The molecule has 0 fully saturated rings. The number of ether oxygens (including phenoxy) is 1. The highest BCUT2D eigenvalue weighted by Gasteiger charge is 2.18. The van der Waals surface area contributed by atoms with E-state index in [1.807, 2.05) is 13.8 Å². The minimum Gasteiger partial charge on any atom is -0.434 e. The van der Waals surface area contributed by atoms with E-state index in [-0.39, 0.29) is 36.5 Å². The van der Waals surface area contributed by atoms with Gasteiger partial charge in [0.2, 0.25) is 17.6 Å². The van der Waals surface area contributed by atoms with Crippen molar-refractivity contribution in [3.05, 3.63) is 30.2 Å². The van der Waals surface area contributed by atoms with E-state index in [0.29, 0.717) is 18.7 Å². The molecule has 1 aromatic heterocycles. The van der Waals surface area contributed by atoms with Gasteiger partial charge >= 0.3 is 6.61 Å². The molecular weight excluding hydrogens is 346 g/mol. The van der Waals surface area contributed by atoms with Crippen LogP contribution in [-0.4, -0.2) is 59.1 Å². The number of nitrogens with zero attached hydrogens (tertiary/aromatic N) is 4. The Balaban J connectivity index is 2.05. The molecule has 0 aliphatic carbocycles. The Kier molecular flexibility index (Phi) is 7.02. The van der Waals surface area contributed by atoms with Crippen molar-refractivity contribution in [2.45, 2.75) is 27.0 Å². The number of aromatic nitrogens is 2. The smallest absolute Gasteiger partial charge is 0.387 e. The van der Waals surface area contributed by atoms with E-state index < -0.39 is 6.61 Å². The third-order valence-corrected chi connectivity index (χ3v) is 3.74. The number of carbonyl (C=O) groups excluding carboxylic acids is 1. The first kappa shape index (κ1) is 19.8. The first-order valence-electron chi connectivity index (χ1n) is 8.27. The van der Waals surface area contributed by atoms with Crippen LogP contribution in [0.3, 0.4) is 0 Å². The van der Waals surface area contributed by atoms with E-state index in [2.05, 4.69) is 14.9 Å². The molecule has 0 aliphatic heterocycles. The third-order valence-electron chi connectivity index (χ3n) is 3.74. The molecule has 1 amide bonds. The van der Waals surface area contributed by atoms with E-state index in [9.17, 15) is 13.6 Å². The maximum Gasteiger partial charge on any atom is 0.387 e. The van der Waals surface area contributed by atoms with Crippen LogP contribution < -0.4 is 4.74 Å². The number of likely N-dealkylation sites (N-methyl/N-ethyl adjacent to an activating group) is 2. The number of para-hydroxylation sites is 1. The van der Waals surface area contributed by atoms with Gasteiger partial charge in [-0.1, -0.05) is 17.3 Å². The quantitative estimate of drug-likeness (QED) is 0.678. The number of hydrogen-bond donors (Lipinski definition) is 0. The number of hydrogen-bond acceptors (Lipinski definition) is 6. The van der Waals surface area contributed by atoms with Crippen molar-refractivity contribution in [1.82, 2.24) is 19.9 Å². The Hall–Kier alpha value is -2.55. The predicted octanol–water partition coefficient (Wildman–Crippen LogP) is 2.64. The molecule has 0 saturated carbocycles. The average Bonchev–Trinajstić information content (AvgIpc) is 3.04. The van der Waals surface area contributed by atoms with Crippen LogP contribution in [0.2, 0.25) is 0 Å².